The molecule has 1 saturated heterocycles. The molecule has 1 aliphatic carbocycles. The second kappa shape index (κ2) is 8.17. The van der Waals surface area contributed by atoms with Crippen molar-refractivity contribution in [3.8, 4) is 5.75 Å². The molecule has 1 heterocycles. The van der Waals surface area contributed by atoms with Gasteiger partial charge < -0.3 is 14.2 Å². The largest absolute Gasteiger partial charge is 0.497 e. The van der Waals surface area contributed by atoms with Gasteiger partial charge in [0.15, 0.2) is 0 Å². The Labute approximate surface area is 165 Å². The number of carbonyl (C=O) groups excluding carboxylic acids is 1. The molecule has 1 aliphatic heterocycles. The number of hydrogen-bond acceptors (Lipinski definition) is 5. The minimum atomic E-state index is -0.256. The second-order valence-corrected chi connectivity index (χ2v) is 6.88. The summed E-state index contributed by atoms with van der Waals surface area (Å²) in [6, 6.07) is 16.0. The molecule has 4 rings (SSSR count). The Hall–Kier alpha value is -2.63. The first-order chi connectivity index (χ1) is 13.7. The van der Waals surface area contributed by atoms with Crippen LogP contribution in [0.1, 0.15) is 29.7 Å². The zero-order chi connectivity index (χ0) is 19.5. The van der Waals surface area contributed by atoms with Crippen molar-refractivity contribution in [1.82, 2.24) is 4.90 Å². The summed E-state index contributed by atoms with van der Waals surface area (Å²) in [5.41, 5.74) is 4.83. The molecule has 0 bridgehead atoms. The predicted octanol–water partition coefficient (Wildman–Crippen LogP) is 3.45. The first-order valence-electron chi connectivity index (χ1n) is 9.71. The lowest BCUT2D eigenvalue weighted by atomic mass is 9.97. The number of rotatable bonds is 5. The van der Waals surface area contributed by atoms with Crippen molar-refractivity contribution in [1.29, 1.82) is 0 Å². The fraction of sp³-hybridized carbons (Fsp3) is 0.348. The lowest BCUT2D eigenvalue weighted by Gasteiger charge is -2.34. The third kappa shape index (κ3) is 3.32. The van der Waals surface area contributed by atoms with E-state index in [-0.39, 0.29) is 12.0 Å². The van der Waals surface area contributed by atoms with Crippen molar-refractivity contribution in [3.05, 3.63) is 70.8 Å². The van der Waals surface area contributed by atoms with Crippen LogP contribution in [0.4, 0.5) is 0 Å². The molecular formula is C23H25NO4. The van der Waals surface area contributed by atoms with Gasteiger partial charge in [0.05, 0.1) is 38.5 Å². The van der Waals surface area contributed by atoms with E-state index in [1.807, 2.05) is 49.4 Å². The van der Waals surface area contributed by atoms with E-state index >= 15 is 0 Å². The average Bonchev–Trinajstić information content (AvgIpc) is 3.09. The molecule has 28 heavy (non-hydrogen) atoms. The summed E-state index contributed by atoms with van der Waals surface area (Å²) in [7, 11) is 1.66. The smallest absolute Gasteiger partial charge is 0.336 e. The van der Waals surface area contributed by atoms with Gasteiger partial charge in [-0.05, 0) is 35.7 Å². The quantitative estimate of drug-likeness (QED) is 0.745. The standard InChI is InChI=1S/C23H25NO4/c1-3-28-23(25)21-20(16-7-5-4-6-8-16)18-10-9-17(26-2)15-19(18)22(21)24-11-13-27-14-12-24/h4-10,15,22H,3,11-14H2,1-2H3. The molecule has 0 aromatic heterocycles. The van der Waals surface area contributed by atoms with Gasteiger partial charge in [-0.25, -0.2) is 4.79 Å². The third-order valence-corrected chi connectivity index (χ3v) is 5.33. The molecule has 0 radical (unpaired) electrons. The van der Waals surface area contributed by atoms with E-state index in [0.29, 0.717) is 25.4 Å². The number of hydrogen-bond donors (Lipinski definition) is 0. The van der Waals surface area contributed by atoms with E-state index in [1.54, 1.807) is 7.11 Å². The molecule has 5 heteroatoms. The van der Waals surface area contributed by atoms with E-state index < -0.39 is 0 Å². The normalized spacial score (nSPS) is 19.4. The highest BCUT2D eigenvalue weighted by Crippen LogP contribution is 2.48. The maximum absolute atomic E-state index is 13.1. The molecule has 2 aromatic rings. The Morgan fingerprint density at radius 2 is 1.89 bits per heavy atom. The third-order valence-electron chi connectivity index (χ3n) is 5.33. The van der Waals surface area contributed by atoms with Crippen LogP contribution in [0, 0.1) is 0 Å². The Kier molecular flexibility index (Phi) is 5.46. The summed E-state index contributed by atoms with van der Waals surface area (Å²) >= 11 is 0. The first-order valence-corrected chi connectivity index (χ1v) is 9.71. The number of carbonyl (C=O) groups is 1. The van der Waals surface area contributed by atoms with Crippen LogP contribution in [0.25, 0.3) is 5.57 Å². The highest BCUT2D eigenvalue weighted by atomic mass is 16.5. The summed E-state index contributed by atoms with van der Waals surface area (Å²) in [6.45, 7) is 5.05. The molecule has 0 spiro atoms. The summed E-state index contributed by atoms with van der Waals surface area (Å²) in [5.74, 6) is 0.530. The molecule has 1 atom stereocenters. The van der Waals surface area contributed by atoms with E-state index in [9.17, 15) is 4.79 Å². The lowest BCUT2D eigenvalue weighted by molar-refractivity contribution is -0.139. The molecule has 146 valence electrons. The van der Waals surface area contributed by atoms with Crippen LogP contribution in [-0.4, -0.2) is 50.9 Å². The lowest BCUT2D eigenvalue weighted by Crippen LogP contribution is -2.40. The molecule has 0 N–H and O–H groups in total. The van der Waals surface area contributed by atoms with Gasteiger partial charge >= 0.3 is 5.97 Å². The minimum absolute atomic E-state index is 0.164. The topological polar surface area (TPSA) is 48.0 Å². The summed E-state index contributed by atoms with van der Waals surface area (Å²) in [6.07, 6.45) is 0. The Bertz CT molecular complexity index is 885. The van der Waals surface area contributed by atoms with Gasteiger partial charge in [-0.2, -0.15) is 0 Å². The second-order valence-electron chi connectivity index (χ2n) is 6.88. The highest BCUT2D eigenvalue weighted by Gasteiger charge is 2.40. The summed E-state index contributed by atoms with van der Waals surface area (Å²) < 4.78 is 16.5. The SMILES string of the molecule is CCOC(=O)C1=C(c2ccccc2)c2ccc(OC)cc2C1N1CCOCC1. The van der Waals surface area contributed by atoms with Crippen LogP contribution in [0.3, 0.4) is 0 Å². The Morgan fingerprint density at radius 3 is 2.57 bits per heavy atom. The van der Waals surface area contributed by atoms with Crippen molar-refractivity contribution >= 4 is 11.5 Å². The molecule has 1 fully saturated rings. The van der Waals surface area contributed by atoms with E-state index in [2.05, 4.69) is 11.0 Å². The van der Waals surface area contributed by atoms with Crippen molar-refractivity contribution < 1.29 is 19.0 Å². The zero-order valence-electron chi connectivity index (χ0n) is 16.3. The van der Waals surface area contributed by atoms with Gasteiger partial charge in [-0.3, -0.25) is 4.90 Å². The minimum Gasteiger partial charge on any atom is -0.497 e. The average molecular weight is 379 g/mol. The van der Waals surface area contributed by atoms with Crippen LogP contribution in [-0.2, 0) is 14.3 Å². The molecule has 1 unspecified atom stereocenters. The Balaban J connectivity index is 1.93. The van der Waals surface area contributed by atoms with Crippen LogP contribution < -0.4 is 4.74 Å². The number of ether oxygens (including phenoxy) is 3. The van der Waals surface area contributed by atoms with Gasteiger partial charge in [0.2, 0.25) is 0 Å². The monoisotopic (exact) mass is 379 g/mol. The van der Waals surface area contributed by atoms with Crippen LogP contribution in [0.15, 0.2) is 54.1 Å². The van der Waals surface area contributed by atoms with E-state index in [0.717, 1.165) is 41.1 Å². The first kappa shape index (κ1) is 18.7. The van der Waals surface area contributed by atoms with Crippen LogP contribution in [0.2, 0.25) is 0 Å². The number of nitrogens with zero attached hydrogens (tertiary/aromatic N) is 1. The number of esters is 1. The van der Waals surface area contributed by atoms with Gasteiger partial charge in [-0.15, -0.1) is 0 Å². The number of morpholine rings is 1. The maximum atomic E-state index is 13.1. The highest BCUT2D eigenvalue weighted by molar-refractivity contribution is 6.06. The summed E-state index contributed by atoms with van der Waals surface area (Å²) in [4.78, 5) is 15.4. The fourth-order valence-corrected chi connectivity index (χ4v) is 4.11. The summed E-state index contributed by atoms with van der Waals surface area (Å²) in [5, 5.41) is 0. The van der Waals surface area contributed by atoms with Gasteiger partial charge in [-0.1, -0.05) is 36.4 Å². The van der Waals surface area contributed by atoms with Gasteiger partial charge in [0, 0.05) is 18.7 Å². The molecule has 5 nitrogen and oxygen atoms in total. The number of methoxy groups -OCH3 is 1. The number of fused-ring (bicyclic) bond motifs is 1. The molecule has 0 amide bonds. The van der Waals surface area contributed by atoms with Crippen LogP contribution >= 0.6 is 0 Å². The van der Waals surface area contributed by atoms with Gasteiger partial charge in [0.25, 0.3) is 0 Å². The molecule has 2 aromatic carbocycles. The van der Waals surface area contributed by atoms with Crippen molar-refractivity contribution in [2.45, 2.75) is 13.0 Å². The van der Waals surface area contributed by atoms with Gasteiger partial charge in [0.1, 0.15) is 5.75 Å². The van der Waals surface area contributed by atoms with E-state index in [1.165, 1.54) is 0 Å². The maximum Gasteiger partial charge on any atom is 0.336 e. The van der Waals surface area contributed by atoms with Crippen molar-refractivity contribution in [3.63, 3.8) is 0 Å². The Morgan fingerprint density at radius 1 is 1.14 bits per heavy atom. The van der Waals surface area contributed by atoms with Crippen molar-refractivity contribution in [2.24, 2.45) is 0 Å². The number of benzene rings is 2. The molecule has 2 aliphatic rings. The molecular weight excluding hydrogens is 354 g/mol. The zero-order valence-corrected chi connectivity index (χ0v) is 16.3. The fourth-order valence-electron chi connectivity index (χ4n) is 4.11. The molecule has 0 saturated carbocycles. The van der Waals surface area contributed by atoms with E-state index in [4.69, 9.17) is 14.2 Å². The van der Waals surface area contributed by atoms with Crippen molar-refractivity contribution in [2.75, 3.05) is 40.0 Å². The predicted molar refractivity (Wildman–Crippen MR) is 107 cm³/mol. The van der Waals surface area contributed by atoms with Crippen LogP contribution in [0.5, 0.6) is 5.75 Å².